The van der Waals surface area contributed by atoms with Crippen LogP contribution in [0.5, 0.6) is 17.2 Å². The molecule has 132 valence electrons. The van der Waals surface area contributed by atoms with E-state index in [9.17, 15) is 5.11 Å². The van der Waals surface area contributed by atoms with E-state index in [4.69, 9.17) is 19.0 Å². The Hall–Kier alpha value is -2.66. The largest absolute Gasteiger partial charge is 0.504 e. The standard InChI is InChI=1S/C20H22O5/c1-12-15-9-13(5-4-8-21)10-18(24-3)20(15)25-19(12)14-6-7-16(22)17(11-14)23-2/h6-7,9-11,21-22H,4-5,8H2,1-3H3. The molecule has 0 spiro atoms. The fraction of sp³-hybridized carbons (Fsp3) is 0.300. The second-order valence-electron chi connectivity index (χ2n) is 5.94. The molecule has 0 unspecified atom stereocenters. The molecule has 25 heavy (non-hydrogen) atoms. The van der Waals surface area contributed by atoms with E-state index in [1.165, 1.54) is 7.11 Å². The van der Waals surface area contributed by atoms with Crippen LogP contribution in [0.4, 0.5) is 0 Å². The molecule has 1 heterocycles. The predicted octanol–water partition coefficient (Wildman–Crippen LogP) is 4.06. The highest BCUT2D eigenvalue weighted by Gasteiger charge is 2.18. The van der Waals surface area contributed by atoms with Crippen molar-refractivity contribution in [3.8, 4) is 28.6 Å². The van der Waals surface area contributed by atoms with Gasteiger partial charge in [0.1, 0.15) is 5.76 Å². The molecular weight excluding hydrogens is 320 g/mol. The summed E-state index contributed by atoms with van der Waals surface area (Å²) in [4.78, 5) is 0. The summed E-state index contributed by atoms with van der Waals surface area (Å²) in [6.07, 6.45) is 1.48. The van der Waals surface area contributed by atoms with Crippen molar-refractivity contribution in [2.45, 2.75) is 19.8 Å². The number of benzene rings is 2. The maximum absolute atomic E-state index is 9.80. The number of ether oxygens (including phenoxy) is 2. The van der Waals surface area contributed by atoms with Crippen LogP contribution in [0, 0.1) is 6.92 Å². The highest BCUT2D eigenvalue weighted by Crippen LogP contribution is 2.40. The maximum Gasteiger partial charge on any atom is 0.176 e. The van der Waals surface area contributed by atoms with E-state index in [2.05, 4.69) is 6.07 Å². The van der Waals surface area contributed by atoms with Gasteiger partial charge in [0.05, 0.1) is 14.2 Å². The first kappa shape index (κ1) is 17.2. The summed E-state index contributed by atoms with van der Waals surface area (Å²) in [5.74, 6) is 1.87. The molecule has 0 saturated heterocycles. The summed E-state index contributed by atoms with van der Waals surface area (Å²) in [6.45, 7) is 2.15. The number of aliphatic hydroxyl groups is 1. The minimum absolute atomic E-state index is 0.0869. The lowest BCUT2D eigenvalue weighted by Crippen LogP contribution is -1.92. The number of rotatable bonds is 6. The van der Waals surface area contributed by atoms with E-state index in [-0.39, 0.29) is 12.4 Å². The van der Waals surface area contributed by atoms with Gasteiger partial charge in [-0.15, -0.1) is 0 Å². The molecule has 0 aliphatic carbocycles. The SMILES string of the molecule is COc1cc(-c2oc3c(OC)cc(CCCO)cc3c2C)ccc1O. The highest BCUT2D eigenvalue weighted by atomic mass is 16.5. The molecule has 3 rings (SSSR count). The van der Waals surface area contributed by atoms with Crippen LogP contribution in [-0.2, 0) is 6.42 Å². The highest BCUT2D eigenvalue weighted by molar-refractivity contribution is 5.92. The Morgan fingerprint density at radius 3 is 2.48 bits per heavy atom. The maximum atomic E-state index is 9.80. The van der Waals surface area contributed by atoms with Crippen LogP contribution in [-0.4, -0.2) is 31.0 Å². The lowest BCUT2D eigenvalue weighted by molar-refractivity contribution is 0.288. The van der Waals surface area contributed by atoms with Gasteiger partial charge in [-0.1, -0.05) is 0 Å². The fourth-order valence-corrected chi connectivity index (χ4v) is 3.02. The molecule has 0 bridgehead atoms. The molecular formula is C20H22O5. The van der Waals surface area contributed by atoms with Crippen molar-refractivity contribution in [2.24, 2.45) is 0 Å². The topological polar surface area (TPSA) is 72.1 Å². The third-order valence-electron chi connectivity index (χ3n) is 4.35. The van der Waals surface area contributed by atoms with Gasteiger partial charge in [-0.25, -0.2) is 0 Å². The molecule has 0 aliphatic heterocycles. The average molecular weight is 342 g/mol. The number of methoxy groups -OCH3 is 2. The van der Waals surface area contributed by atoms with Crippen LogP contribution in [0.2, 0.25) is 0 Å². The average Bonchev–Trinajstić information content (AvgIpc) is 2.96. The molecule has 0 fully saturated rings. The molecule has 0 aliphatic rings. The van der Waals surface area contributed by atoms with Crippen molar-refractivity contribution in [2.75, 3.05) is 20.8 Å². The monoisotopic (exact) mass is 342 g/mol. The normalized spacial score (nSPS) is 11.0. The summed E-state index contributed by atoms with van der Waals surface area (Å²) in [6, 6.07) is 9.15. The number of furan rings is 1. The van der Waals surface area contributed by atoms with E-state index in [1.807, 2.05) is 13.0 Å². The first-order chi connectivity index (χ1) is 12.1. The molecule has 0 amide bonds. The summed E-state index contributed by atoms with van der Waals surface area (Å²) in [7, 11) is 3.13. The molecule has 0 atom stereocenters. The van der Waals surface area contributed by atoms with Crippen LogP contribution in [0.3, 0.4) is 0 Å². The third kappa shape index (κ3) is 3.15. The van der Waals surface area contributed by atoms with Crippen LogP contribution < -0.4 is 9.47 Å². The minimum Gasteiger partial charge on any atom is -0.504 e. The Labute approximate surface area is 146 Å². The summed E-state index contributed by atoms with van der Waals surface area (Å²) in [5.41, 5.74) is 3.60. The zero-order chi connectivity index (χ0) is 18.0. The van der Waals surface area contributed by atoms with Crippen LogP contribution in [0.1, 0.15) is 17.5 Å². The van der Waals surface area contributed by atoms with Gasteiger partial charge in [0, 0.05) is 23.1 Å². The summed E-state index contributed by atoms with van der Waals surface area (Å²) in [5, 5.41) is 19.8. The Balaban J connectivity index is 2.16. The number of phenols is 1. The van der Waals surface area contributed by atoms with Gasteiger partial charge in [0.2, 0.25) is 0 Å². The molecule has 3 aromatic rings. The number of hydrogen-bond donors (Lipinski definition) is 2. The number of fused-ring (bicyclic) bond motifs is 1. The quantitative estimate of drug-likeness (QED) is 0.707. The molecule has 5 nitrogen and oxygen atoms in total. The molecule has 0 radical (unpaired) electrons. The van der Waals surface area contributed by atoms with Crippen molar-refractivity contribution in [3.63, 3.8) is 0 Å². The predicted molar refractivity (Wildman–Crippen MR) is 96.6 cm³/mol. The molecule has 5 heteroatoms. The Morgan fingerprint density at radius 2 is 1.80 bits per heavy atom. The minimum atomic E-state index is 0.0869. The number of phenolic OH excluding ortho intramolecular Hbond substituents is 1. The van der Waals surface area contributed by atoms with Gasteiger partial charge >= 0.3 is 0 Å². The third-order valence-corrected chi connectivity index (χ3v) is 4.35. The van der Waals surface area contributed by atoms with E-state index in [0.717, 1.165) is 28.5 Å². The Kier molecular flexibility index (Phi) is 4.86. The van der Waals surface area contributed by atoms with Gasteiger partial charge in [-0.3, -0.25) is 0 Å². The second kappa shape index (κ2) is 7.07. The van der Waals surface area contributed by atoms with Crippen molar-refractivity contribution >= 4 is 11.0 Å². The van der Waals surface area contributed by atoms with Crippen LogP contribution in [0.25, 0.3) is 22.3 Å². The smallest absolute Gasteiger partial charge is 0.176 e. The van der Waals surface area contributed by atoms with Gasteiger partial charge in [-0.05, 0) is 55.7 Å². The lowest BCUT2D eigenvalue weighted by Gasteiger charge is -2.05. The molecule has 2 aromatic carbocycles. The summed E-state index contributed by atoms with van der Waals surface area (Å²) >= 11 is 0. The first-order valence-electron chi connectivity index (χ1n) is 8.17. The fourth-order valence-electron chi connectivity index (χ4n) is 3.02. The van der Waals surface area contributed by atoms with Gasteiger partial charge in [-0.2, -0.15) is 0 Å². The molecule has 0 saturated carbocycles. The van der Waals surface area contributed by atoms with Crippen LogP contribution >= 0.6 is 0 Å². The van der Waals surface area contributed by atoms with Gasteiger partial charge < -0.3 is 24.1 Å². The number of hydrogen-bond acceptors (Lipinski definition) is 5. The van der Waals surface area contributed by atoms with Crippen LogP contribution in [0.15, 0.2) is 34.7 Å². The van der Waals surface area contributed by atoms with Crippen molar-refractivity contribution in [3.05, 3.63) is 41.5 Å². The second-order valence-corrected chi connectivity index (χ2v) is 5.94. The Morgan fingerprint density at radius 1 is 1.04 bits per heavy atom. The zero-order valence-corrected chi connectivity index (χ0v) is 14.6. The molecule has 1 aromatic heterocycles. The van der Waals surface area contributed by atoms with Gasteiger partial charge in [0.15, 0.2) is 22.8 Å². The lowest BCUT2D eigenvalue weighted by atomic mass is 10.0. The van der Waals surface area contributed by atoms with E-state index >= 15 is 0 Å². The molecule has 2 N–H and O–H groups in total. The van der Waals surface area contributed by atoms with E-state index < -0.39 is 0 Å². The number of aromatic hydroxyl groups is 1. The van der Waals surface area contributed by atoms with E-state index in [0.29, 0.717) is 29.3 Å². The van der Waals surface area contributed by atoms with E-state index in [1.54, 1.807) is 25.3 Å². The Bertz CT molecular complexity index is 895. The van der Waals surface area contributed by atoms with Crippen molar-refractivity contribution in [1.29, 1.82) is 0 Å². The van der Waals surface area contributed by atoms with Gasteiger partial charge in [0.25, 0.3) is 0 Å². The number of aliphatic hydroxyl groups excluding tert-OH is 1. The summed E-state index contributed by atoms with van der Waals surface area (Å²) < 4.78 is 16.8. The zero-order valence-electron chi connectivity index (χ0n) is 14.6. The first-order valence-corrected chi connectivity index (χ1v) is 8.17. The number of aryl methyl sites for hydroxylation is 2. The van der Waals surface area contributed by atoms with Crippen molar-refractivity contribution < 1.29 is 24.1 Å². The van der Waals surface area contributed by atoms with Crippen molar-refractivity contribution in [1.82, 2.24) is 0 Å².